The van der Waals surface area contributed by atoms with Gasteiger partial charge in [-0.1, -0.05) is 0 Å². The summed E-state index contributed by atoms with van der Waals surface area (Å²) in [5, 5.41) is 7.00. The lowest BCUT2D eigenvalue weighted by Gasteiger charge is -1.96. The Morgan fingerprint density at radius 2 is 2.45 bits per heavy atom. The second-order valence-electron chi connectivity index (χ2n) is 2.13. The van der Waals surface area contributed by atoms with Crippen LogP contribution in [0.25, 0.3) is 5.00 Å². The molecule has 0 bridgehead atoms. The van der Waals surface area contributed by atoms with Gasteiger partial charge >= 0.3 is 0 Å². The molecule has 0 atom stereocenters. The molecule has 0 radical (unpaired) electrons. The molecule has 11 heavy (non-hydrogen) atoms. The monoisotopic (exact) mass is 165 g/mol. The standard InChI is InChI=1S/C7H7N3S/c8-6-2-5-11-7(6)10-4-1-3-9-10/h1-5H,8H2. The van der Waals surface area contributed by atoms with Crippen molar-refractivity contribution in [1.29, 1.82) is 0 Å². The number of rotatable bonds is 1. The molecule has 0 saturated carbocycles. The van der Waals surface area contributed by atoms with E-state index in [1.54, 1.807) is 22.2 Å². The van der Waals surface area contributed by atoms with Gasteiger partial charge in [-0.2, -0.15) is 5.10 Å². The van der Waals surface area contributed by atoms with Crippen molar-refractivity contribution in [2.75, 3.05) is 5.73 Å². The summed E-state index contributed by atoms with van der Waals surface area (Å²) in [6.45, 7) is 0. The van der Waals surface area contributed by atoms with Crippen LogP contribution in [0.1, 0.15) is 0 Å². The molecule has 0 aliphatic carbocycles. The van der Waals surface area contributed by atoms with Gasteiger partial charge in [0.15, 0.2) is 0 Å². The predicted molar refractivity (Wildman–Crippen MR) is 45.9 cm³/mol. The zero-order chi connectivity index (χ0) is 7.68. The van der Waals surface area contributed by atoms with Crippen molar-refractivity contribution in [1.82, 2.24) is 9.78 Å². The van der Waals surface area contributed by atoms with E-state index in [9.17, 15) is 0 Å². The molecule has 0 amide bonds. The first-order chi connectivity index (χ1) is 5.38. The maximum atomic E-state index is 5.68. The molecule has 2 heterocycles. The summed E-state index contributed by atoms with van der Waals surface area (Å²) in [4.78, 5) is 0. The van der Waals surface area contributed by atoms with Crippen molar-refractivity contribution in [3.63, 3.8) is 0 Å². The highest BCUT2D eigenvalue weighted by molar-refractivity contribution is 7.13. The molecule has 0 aliphatic heterocycles. The van der Waals surface area contributed by atoms with E-state index in [-0.39, 0.29) is 0 Å². The summed E-state index contributed by atoms with van der Waals surface area (Å²) >= 11 is 1.58. The average Bonchev–Trinajstić information content (AvgIpc) is 2.55. The Bertz CT molecular complexity index is 336. The van der Waals surface area contributed by atoms with Crippen LogP contribution < -0.4 is 5.73 Å². The summed E-state index contributed by atoms with van der Waals surface area (Å²) in [6.07, 6.45) is 3.61. The summed E-state index contributed by atoms with van der Waals surface area (Å²) in [5.74, 6) is 0. The topological polar surface area (TPSA) is 43.8 Å². The first-order valence-electron chi connectivity index (χ1n) is 3.21. The molecule has 0 aliphatic rings. The van der Waals surface area contributed by atoms with Gasteiger partial charge in [0.25, 0.3) is 0 Å². The van der Waals surface area contributed by atoms with Crippen molar-refractivity contribution in [3.8, 4) is 5.00 Å². The fourth-order valence-corrected chi connectivity index (χ4v) is 1.65. The lowest BCUT2D eigenvalue weighted by atomic mass is 10.5. The molecule has 4 heteroatoms. The van der Waals surface area contributed by atoms with E-state index in [2.05, 4.69) is 5.10 Å². The lowest BCUT2D eigenvalue weighted by molar-refractivity contribution is 0.900. The Kier molecular flexibility index (Phi) is 1.40. The van der Waals surface area contributed by atoms with Gasteiger partial charge in [-0.05, 0) is 17.5 Å². The van der Waals surface area contributed by atoms with Crippen LogP contribution in [-0.4, -0.2) is 9.78 Å². The molecule has 56 valence electrons. The number of nitrogens with two attached hydrogens (primary N) is 1. The van der Waals surface area contributed by atoms with E-state index < -0.39 is 0 Å². The normalized spacial score (nSPS) is 10.2. The second kappa shape index (κ2) is 2.39. The van der Waals surface area contributed by atoms with Crippen LogP contribution in [0.3, 0.4) is 0 Å². The maximum Gasteiger partial charge on any atom is 0.140 e. The number of nitrogen functional groups attached to an aromatic ring is 1. The molecular formula is C7H7N3S. The van der Waals surface area contributed by atoms with E-state index in [0.717, 1.165) is 10.7 Å². The van der Waals surface area contributed by atoms with Gasteiger partial charge in [-0.25, -0.2) is 4.68 Å². The lowest BCUT2D eigenvalue weighted by Crippen LogP contribution is -1.94. The Hall–Kier alpha value is -1.29. The predicted octanol–water partition coefficient (Wildman–Crippen LogP) is 1.52. The summed E-state index contributed by atoms with van der Waals surface area (Å²) in [6, 6.07) is 3.75. The molecule has 2 rings (SSSR count). The minimum Gasteiger partial charge on any atom is -0.396 e. The van der Waals surface area contributed by atoms with Crippen LogP contribution in [0.2, 0.25) is 0 Å². The van der Waals surface area contributed by atoms with Crippen molar-refractivity contribution >= 4 is 17.0 Å². The van der Waals surface area contributed by atoms with E-state index in [1.165, 1.54) is 0 Å². The van der Waals surface area contributed by atoms with Crippen LogP contribution in [0, 0.1) is 0 Å². The van der Waals surface area contributed by atoms with Crippen LogP contribution in [0.4, 0.5) is 5.69 Å². The van der Waals surface area contributed by atoms with Crippen LogP contribution in [-0.2, 0) is 0 Å². The first kappa shape index (κ1) is 6.42. The van der Waals surface area contributed by atoms with Gasteiger partial charge in [0, 0.05) is 12.4 Å². The number of nitrogens with zero attached hydrogens (tertiary/aromatic N) is 2. The molecule has 0 fully saturated rings. The van der Waals surface area contributed by atoms with Crippen LogP contribution >= 0.6 is 11.3 Å². The number of anilines is 1. The number of hydrogen-bond acceptors (Lipinski definition) is 3. The highest BCUT2D eigenvalue weighted by Gasteiger charge is 2.00. The zero-order valence-corrected chi connectivity index (χ0v) is 6.58. The third-order valence-corrected chi connectivity index (χ3v) is 2.30. The van der Waals surface area contributed by atoms with Gasteiger partial charge < -0.3 is 5.73 Å². The minimum absolute atomic E-state index is 0.777. The van der Waals surface area contributed by atoms with Gasteiger partial charge in [-0.15, -0.1) is 11.3 Å². The molecule has 0 aromatic carbocycles. The fourth-order valence-electron chi connectivity index (χ4n) is 0.886. The highest BCUT2D eigenvalue weighted by Crippen LogP contribution is 2.22. The SMILES string of the molecule is Nc1ccsc1-n1cccn1. The van der Waals surface area contributed by atoms with Gasteiger partial charge in [-0.3, -0.25) is 0 Å². The van der Waals surface area contributed by atoms with Gasteiger partial charge in [0.05, 0.1) is 5.69 Å². The fraction of sp³-hybridized carbons (Fsp3) is 0. The maximum absolute atomic E-state index is 5.68. The third kappa shape index (κ3) is 1.01. The van der Waals surface area contributed by atoms with Crippen molar-refractivity contribution < 1.29 is 0 Å². The number of hydrogen-bond donors (Lipinski definition) is 1. The molecule has 0 saturated heterocycles. The van der Waals surface area contributed by atoms with Crippen molar-refractivity contribution in [3.05, 3.63) is 29.9 Å². The molecule has 0 unspecified atom stereocenters. The second-order valence-corrected chi connectivity index (χ2v) is 3.03. The van der Waals surface area contributed by atoms with E-state index in [0.29, 0.717) is 0 Å². The van der Waals surface area contributed by atoms with Gasteiger partial charge in [0.2, 0.25) is 0 Å². The van der Waals surface area contributed by atoms with E-state index >= 15 is 0 Å². The number of thiophene rings is 1. The molecule has 0 spiro atoms. The summed E-state index contributed by atoms with van der Waals surface area (Å²) < 4.78 is 1.76. The van der Waals surface area contributed by atoms with Crippen LogP contribution in [0.5, 0.6) is 0 Å². The van der Waals surface area contributed by atoms with Gasteiger partial charge in [0.1, 0.15) is 5.00 Å². The van der Waals surface area contributed by atoms with E-state index in [4.69, 9.17) is 5.73 Å². The summed E-state index contributed by atoms with van der Waals surface area (Å²) in [5.41, 5.74) is 6.46. The van der Waals surface area contributed by atoms with E-state index in [1.807, 2.05) is 23.7 Å². The zero-order valence-electron chi connectivity index (χ0n) is 5.77. The Balaban J connectivity index is 2.53. The molecule has 2 aromatic heterocycles. The molecular weight excluding hydrogens is 158 g/mol. The minimum atomic E-state index is 0.777. The Morgan fingerprint density at radius 1 is 1.55 bits per heavy atom. The molecule has 2 N–H and O–H groups in total. The Morgan fingerprint density at radius 3 is 3.00 bits per heavy atom. The average molecular weight is 165 g/mol. The largest absolute Gasteiger partial charge is 0.396 e. The van der Waals surface area contributed by atoms with Crippen LogP contribution in [0.15, 0.2) is 29.9 Å². The number of aromatic nitrogens is 2. The third-order valence-electron chi connectivity index (χ3n) is 1.39. The van der Waals surface area contributed by atoms with Crippen molar-refractivity contribution in [2.45, 2.75) is 0 Å². The smallest absolute Gasteiger partial charge is 0.140 e. The highest BCUT2D eigenvalue weighted by atomic mass is 32.1. The quantitative estimate of drug-likeness (QED) is 0.696. The Labute approximate surface area is 68.1 Å². The van der Waals surface area contributed by atoms with Crippen molar-refractivity contribution in [2.24, 2.45) is 0 Å². The molecule has 3 nitrogen and oxygen atoms in total. The summed E-state index contributed by atoms with van der Waals surface area (Å²) in [7, 11) is 0. The molecule has 2 aromatic rings. The first-order valence-corrected chi connectivity index (χ1v) is 4.09.